The molecule has 3 heteroatoms. The Labute approximate surface area is 134 Å². The Balaban J connectivity index is 1.59. The van der Waals surface area contributed by atoms with Gasteiger partial charge in [0.1, 0.15) is 5.75 Å². The van der Waals surface area contributed by atoms with Crippen LogP contribution in [0, 0.1) is 0 Å². The molecule has 0 amide bonds. The van der Waals surface area contributed by atoms with Crippen molar-refractivity contribution in [2.24, 2.45) is 0 Å². The molecule has 0 aliphatic heterocycles. The van der Waals surface area contributed by atoms with Crippen molar-refractivity contribution in [3.8, 4) is 5.75 Å². The maximum atomic E-state index is 5.99. The molecule has 2 nitrogen and oxygen atoms in total. The summed E-state index contributed by atoms with van der Waals surface area (Å²) in [4.78, 5) is 0. The molecule has 0 saturated heterocycles. The molecule has 2 aromatic rings. The van der Waals surface area contributed by atoms with E-state index in [-0.39, 0.29) is 0 Å². The summed E-state index contributed by atoms with van der Waals surface area (Å²) < 4.78 is 7.02. The van der Waals surface area contributed by atoms with Crippen LogP contribution in [-0.4, -0.2) is 13.2 Å². The quantitative estimate of drug-likeness (QED) is 0.843. The second kappa shape index (κ2) is 6.63. The van der Waals surface area contributed by atoms with Gasteiger partial charge in [-0.3, -0.25) is 0 Å². The number of rotatable bonds is 6. The molecule has 1 atom stereocenters. The van der Waals surface area contributed by atoms with Crippen LogP contribution in [0.1, 0.15) is 29.5 Å². The predicted molar refractivity (Wildman–Crippen MR) is 89.9 cm³/mol. The van der Waals surface area contributed by atoms with Crippen LogP contribution in [-0.2, 0) is 13.0 Å². The van der Waals surface area contributed by atoms with Crippen LogP contribution in [0.4, 0.5) is 0 Å². The zero-order valence-electron chi connectivity index (χ0n) is 12.2. The fraction of sp³-hybridized carbons (Fsp3) is 0.333. The topological polar surface area (TPSA) is 21.3 Å². The maximum absolute atomic E-state index is 5.99. The van der Waals surface area contributed by atoms with Gasteiger partial charge in [-0.25, -0.2) is 0 Å². The molecular formula is C18H20BrNO. The molecular weight excluding hydrogens is 326 g/mol. The zero-order valence-corrected chi connectivity index (χ0v) is 13.8. The summed E-state index contributed by atoms with van der Waals surface area (Å²) in [5.41, 5.74) is 4.17. The Morgan fingerprint density at radius 3 is 2.86 bits per heavy atom. The first-order valence-corrected chi connectivity index (χ1v) is 8.27. The van der Waals surface area contributed by atoms with E-state index in [1.165, 1.54) is 16.7 Å². The van der Waals surface area contributed by atoms with Crippen molar-refractivity contribution >= 4 is 15.9 Å². The summed E-state index contributed by atoms with van der Waals surface area (Å²) in [6.07, 6.45) is 1.13. The average Bonchev–Trinajstić information content (AvgIpc) is 2.48. The highest BCUT2D eigenvalue weighted by Crippen LogP contribution is 2.36. The van der Waals surface area contributed by atoms with Gasteiger partial charge in [0.15, 0.2) is 0 Å². The number of ether oxygens (including phenoxy) is 1. The van der Waals surface area contributed by atoms with Crippen molar-refractivity contribution in [1.82, 2.24) is 5.32 Å². The lowest BCUT2D eigenvalue weighted by molar-refractivity contribution is 0.273. The van der Waals surface area contributed by atoms with Crippen LogP contribution in [0.2, 0.25) is 0 Å². The van der Waals surface area contributed by atoms with Gasteiger partial charge in [-0.15, -0.1) is 0 Å². The minimum absolute atomic E-state index is 0.537. The molecule has 1 N–H and O–H groups in total. The maximum Gasteiger partial charge on any atom is 0.133 e. The van der Waals surface area contributed by atoms with Gasteiger partial charge in [-0.1, -0.05) is 37.3 Å². The summed E-state index contributed by atoms with van der Waals surface area (Å²) in [6, 6.07) is 14.9. The third-order valence-corrected chi connectivity index (χ3v) is 4.60. The molecule has 0 spiro atoms. The molecule has 1 aliphatic carbocycles. The Hall–Kier alpha value is -1.32. The van der Waals surface area contributed by atoms with Gasteiger partial charge >= 0.3 is 0 Å². The lowest BCUT2D eigenvalue weighted by Gasteiger charge is -2.30. The Kier molecular flexibility index (Phi) is 4.61. The third kappa shape index (κ3) is 3.30. The predicted octanol–water partition coefficient (Wildman–Crippen LogP) is 4.28. The lowest BCUT2D eigenvalue weighted by atomic mass is 9.78. The zero-order chi connectivity index (χ0) is 14.7. The van der Waals surface area contributed by atoms with E-state index < -0.39 is 0 Å². The first-order chi connectivity index (χ1) is 10.3. The van der Waals surface area contributed by atoms with E-state index in [1.54, 1.807) is 0 Å². The lowest BCUT2D eigenvalue weighted by Crippen LogP contribution is -2.23. The highest BCUT2D eigenvalue weighted by molar-refractivity contribution is 9.10. The van der Waals surface area contributed by atoms with Gasteiger partial charge in [0.25, 0.3) is 0 Å². The normalized spacial score (nSPS) is 16.2. The van der Waals surface area contributed by atoms with Crippen LogP contribution < -0.4 is 10.1 Å². The Morgan fingerprint density at radius 2 is 2.10 bits per heavy atom. The molecule has 0 aromatic heterocycles. The van der Waals surface area contributed by atoms with Crippen molar-refractivity contribution in [3.05, 3.63) is 63.6 Å². The van der Waals surface area contributed by atoms with Gasteiger partial charge < -0.3 is 10.1 Å². The van der Waals surface area contributed by atoms with Crippen molar-refractivity contribution in [2.75, 3.05) is 13.2 Å². The second-order valence-corrected chi connectivity index (χ2v) is 6.31. The fourth-order valence-electron chi connectivity index (χ4n) is 2.74. The van der Waals surface area contributed by atoms with E-state index in [4.69, 9.17) is 4.74 Å². The summed E-state index contributed by atoms with van der Waals surface area (Å²) >= 11 is 3.61. The molecule has 0 fully saturated rings. The summed E-state index contributed by atoms with van der Waals surface area (Å²) in [5.74, 6) is 1.47. The molecule has 21 heavy (non-hydrogen) atoms. The van der Waals surface area contributed by atoms with Crippen molar-refractivity contribution in [3.63, 3.8) is 0 Å². The van der Waals surface area contributed by atoms with Crippen molar-refractivity contribution < 1.29 is 4.74 Å². The number of hydrogen-bond donors (Lipinski definition) is 1. The van der Waals surface area contributed by atoms with Gasteiger partial charge in [0, 0.05) is 12.5 Å². The number of hydrogen-bond acceptors (Lipinski definition) is 2. The summed E-state index contributed by atoms with van der Waals surface area (Å²) in [7, 11) is 0. The average molecular weight is 346 g/mol. The fourth-order valence-corrected chi connectivity index (χ4v) is 3.28. The van der Waals surface area contributed by atoms with Crippen molar-refractivity contribution in [2.45, 2.75) is 25.8 Å². The van der Waals surface area contributed by atoms with Gasteiger partial charge in [-0.05, 0) is 57.7 Å². The molecule has 1 aliphatic rings. The van der Waals surface area contributed by atoms with Gasteiger partial charge in [-0.2, -0.15) is 0 Å². The molecule has 0 saturated carbocycles. The smallest absolute Gasteiger partial charge is 0.133 e. The van der Waals surface area contributed by atoms with Gasteiger partial charge in [0.2, 0.25) is 0 Å². The molecule has 110 valence electrons. The van der Waals surface area contributed by atoms with E-state index in [1.807, 2.05) is 0 Å². The van der Waals surface area contributed by atoms with E-state index in [0.717, 1.165) is 36.3 Å². The summed E-state index contributed by atoms with van der Waals surface area (Å²) in [5, 5.41) is 3.33. The van der Waals surface area contributed by atoms with Gasteiger partial charge in [0.05, 0.1) is 11.1 Å². The van der Waals surface area contributed by atoms with E-state index >= 15 is 0 Å². The highest BCUT2D eigenvalue weighted by Gasteiger charge is 2.25. The van der Waals surface area contributed by atoms with Crippen LogP contribution in [0.15, 0.2) is 46.9 Å². The first-order valence-electron chi connectivity index (χ1n) is 7.47. The molecule has 1 unspecified atom stereocenters. The number of halogens is 1. The number of fused-ring (bicyclic) bond motifs is 1. The Bertz CT molecular complexity index is 626. The second-order valence-electron chi connectivity index (χ2n) is 5.46. The summed E-state index contributed by atoms with van der Waals surface area (Å²) in [6.45, 7) is 4.74. The number of benzene rings is 2. The molecule has 2 aromatic carbocycles. The largest absolute Gasteiger partial charge is 0.492 e. The molecule has 0 heterocycles. The van der Waals surface area contributed by atoms with Crippen LogP contribution in [0.5, 0.6) is 5.75 Å². The molecule has 3 rings (SSSR count). The minimum Gasteiger partial charge on any atom is -0.492 e. The number of nitrogens with one attached hydrogen (secondary N) is 1. The monoisotopic (exact) mass is 345 g/mol. The molecule has 0 bridgehead atoms. The van der Waals surface area contributed by atoms with Crippen molar-refractivity contribution in [1.29, 1.82) is 0 Å². The SMILES string of the molecule is CCNCc1ccc(OCC2Cc3ccccc32)c(Br)c1. The first kappa shape index (κ1) is 14.6. The third-order valence-electron chi connectivity index (χ3n) is 3.98. The standard InChI is InChI=1S/C18H20BrNO/c1-2-20-11-13-7-8-18(17(19)9-13)21-12-15-10-14-5-3-4-6-16(14)15/h3-9,15,20H,2,10-12H2,1H3. The van der Waals surface area contributed by atoms with E-state index in [2.05, 4.69) is 70.6 Å². The van der Waals surface area contributed by atoms with Crippen LogP contribution in [0.25, 0.3) is 0 Å². The Morgan fingerprint density at radius 1 is 1.24 bits per heavy atom. The minimum atomic E-state index is 0.537. The molecule has 0 radical (unpaired) electrons. The van der Waals surface area contributed by atoms with Crippen LogP contribution >= 0.6 is 15.9 Å². The van der Waals surface area contributed by atoms with Crippen LogP contribution in [0.3, 0.4) is 0 Å². The van der Waals surface area contributed by atoms with E-state index in [9.17, 15) is 0 Å². The highest BCUT2D eigenvalue weighted by atomic mass is 79.9. The van der Waals surface area contributed by atoms with E-state index in [0.29, 0.717) is 5.92 Å².